The van der Waals surface area contributed by atoms with Gasteiger partial charge < -0.3 is 4.98 Å². The van der Waals surface area contributed by atoms with E-state index in [9.17, 15) is 0 Å². The summed E-state index contributed by atoms with van der Waals surface area (Å²) in [5.74, 6) is 0. The van der Waals surface area contributed by atoms with Crippen LogP contribution in [0.15, 0.2) is 24.3 Å². The molecule has 1 N–H and O–H groups in total. The number of nitrogens with one attached hydrogen (secondary N) is 1. The molecule has 0 fully saturated rings. The van der Waals surface area contributed by atoms with Crippen LogP contribution in [0.3, 0.4) is 0 Å². The van der Waals surface area contributed by atoms with Gasteiger partial charge in [-0.15, -0.1) is 0 Å². The van der Waals surface area contributed by atoms with Gasteiger partial charge in [0.25, 0.3) is 0 Å². The van der Waals surface area contributed by atoms with Crippen molar-refractivity contribution in [3.8, 4) is 5.69 Å². The van der Waals surface area contributed by atoms with E-state index in [-0.39, 0.29) is 0 Å². The molecule has 0 aliphatic rings. The summed E-state index contributed by atoms with van der Waals surface area (Å²) in [4.78, 5) is 3.28. The first kappa shape index (κ1) is 13.1. The second-order valence-electron chi connectivity index (χ2n) is 5.05. The maximum atomic E-state index is 5.52. The first-order valence-electron chi connectivity index (χ1n) is 6.86. The van der Waals surface area contributed by atoms with Gasteiger partial charge in [-0.1, -0.05) is 31.5 Å². The lowest BCUT2D eigenvalue weighted by atomic mass is 10.1. The Labute approximate surface area is 123 Å². The van der Waals surface area contributed by atoms with Crippen LogP contribution >= 0.6 is 12.2 Å². The van der Waals surface area contributed by atoms with E-state index in [1.165, 1.54) is 5.56 Å². The smallest absolute Gasteiger partial charge is 0.184 e. The molecule has 104 valence electrons. The maximum absolute atomic E-state index is 5.52. The molecule has 0 atom stereocenters. The molecule has 0 bridgehead atoms. The number of imidazole rings is 1. The molecule has 0 saturated heterocycles. The zero-order valence-corrected chi connectivity index (χ0v) is 12.8. The molecule has 3 aromatic rings. The van der Waals surface area contributed by atoms with Gasteiger partial charge in [0.1, 0.15) is 5.52 Å². The van der Waals surface area contributed by atoms with E-state index in [2.05, 4.69) is 45.8 Å². The van der Waals surface area contributed by atoms with Crippen LogP contribution < -0.4 is 0 Å². The van der Waals surface area contributed by atoms with Gasteiger partial charge in [0.15, 0.2) is 10.4 Å². The summed E-state index contributed by atoms with van der Waals surface area (Å²) < 4.78 is 4.70. The van der Waals surface area contributed by atoms with Crippen molar-refractivity contribution in [1.82, 2.24) is 19.3 Å². The van der Waals surface area contributed by atoms with E-state index < -0.39 is 0 Å². The van der Waals surface area contributed by atoms with Gasteiger partial charge >= 0.3 is 0 Å². The van der Waals surface area contributed by atoms with E-state index in [0.717, 1.165) is 40.2 Å². The van der Waals surface area contributed by atoms with Crippen LogP contribution in [-0.2, 0) is 13.5 Å². The number of hydrogen-bond acceptors (Lipinski definition) is 2. The summed E-state index contributed by atoms with van der Waals surface area (Å²) in [7, 11) is 1.96. The van der Waals surface area contributed by atoms with E-state index in [0.29, 0.717) is 0 Å². The molecule has 0 aliphatic heterocycles. The van der Waals surface area contributed by atoms with E-state index >= 15 is 0 Å². The second kappa shape index (κ2) is 4.90. The Kier molecular flexibility index (Phi) is 3.22. The van der Waals surface area contributed by atoms with Crippen molar-refractivity contribution < 1.29 is 0 Å². The minimum absolute atomic E-state index is 0.722. The average Bonchev–Trinajstić information content (AvgIpc) is 2.89. The summed E-state index contributed by atoms with van der Waals surface area (Å²) >= 11 is 5.52. The molecule has 0 aliphatic carbocycles. The molecule has 0 spiro atoms. The van der Waals surface area contributed by atoms with Crippen molar-refractivity contribution in [2.24, 2.45) is 7.05 Å². The van der Waals surface area contributed by atoms with Crippen molar-refractivity contribution in [1.29, 1.82) is 0 Å². The third kappa shape index (κ3) is 1.89. The lowest BCUT2D eigenvalue weighted by Crippen LogP contribution is -2.03. The Morgan fingerprint density at radius 1 is 1.30 bits per heavy atom. The molecule has 0 amide bonds. The number of para-hydroxylation sites is 1. The van der Waals surface area contributed by atoms with E-state index in [1.807, 2.05) is 18.7 Å². The Morgan fingerprint density at radius 3 is 2.80 bits per heavy atom. The van der Waals surface area contributed by atoms with Crippen LogP contribution in [0.1, 0.15) is 24.6 Å². The summed E-state index contributed by atoms with van der Waals surface area (Å²) in [6.45, 7) is 4.19. The van der Waals surface area contributed by atoms with Gasteiger partial charge in [0.05, 0.1) is 11.4 Å². The first-order valence-corrected chi connectivity index (χ1v) is 7.27. The second-order valence-corrected chi connectivity index (χ2v) is 5.44. The fourth-order valence-corrected chi connectivity index (χ4v) is 3.03. The molecule has 0 unspecified atom stereocenters. The normalized spacial score (nSPS) is 11.3. The zero-order valence-electron chi connectivity index (χ0n) is 12.0. The van der Waals surface area contributed by atoms with Crippen molar-refractivity contribution in [2.75, 3.05) is 0 Å². The molecule has 2 aromatic heterocycles. The number of aryl methyl sites for hydroxylation is 3. The SMILES string of the molecule is CCCc1ccccc1-n1c(=S)[nH]c2c(C)nn(C)c21. The molecule has 4 nitrogen and oxygen atoms in total. The van der Waals surface area contributed by atoms with Gasteiger partial charge in [-0.25, -0.2) is 4.68 Å². The van der Waals surface area contributed by atoms with Gasteiger partial charge in [-0.05, 0) is 37.2 Å². The third-order valence-electron chi connectivity index (χ3n) is 3.59. The first-order chi connectivity index (χ1) is 9.63. The van der Waals surface area contributed by atoms with E-state index in [1.54, 1.807) is 0 Å². The number of H-pyrrole nitrogens is 1. The van der Waals surface area contributed by atoms with E-state index in [4.69, 9.17) is 12.2 Å². The maximum Gasteiger partial charge on any atom is 0.184 e. The molecule has 3 rings (SSSR count). The predicted molar refractivity (Wildman–Crippen MR) is 84.0 cm³/mol. The summed E-state index contributed by atoms with van der Waals surface area (Å²) in [6.07, 6.45) is 2.16. The van der Waals surface area contributed by atoms with Crippen molar-refractivity contribution in [2.45, 2.75) is 26.7 Å². The highest BCUT2D eigenvalue weighted by atomic mass is 32.1. The number of aromatic amines is 1. The lowest BCUT2D eigenvalue weighted by Gasteiger charge is -2.10. The van der Waals surface area contributed by atoms with Crippen molar-refractivity contribution >= 4 is 23.4 Å². The highest BCUT2D eigenvalue weighted by Gasteiger charge is 2.15. The van der Waals surface area contributed by atoms with Gasteiger partial charge in [0, 0.05) is 7.05 Å². The molecule has 2 heterocycles. The molecular weight excluding hydrogens is 268 g/mol. The van der Waals surface area contributed by atoms with Crippen molar-refractivity contribution in [3.05, 3.63) is 40.3 Å². The monoisotopic (exact) mass is 286 g/mol. The highest BCUT2D eigenvalue weighted by Crippen LogP contribution is 2.24. The minimum atomic E-state index is 0.722. The van der Waals surface area contributed by atoms with Crippen LogP contribution in [0, 0.1) is 11.7 Å². The van der Waals surface area contributed by atoms with Gasteiger partial charge in [-0.2, -0.15) is 5.10 Å². The Hall–Kier alpha value is -1.88. The highest BCUT2D eigenvalue weighted by molar-refractivity contribution is 7.71. The van der Waals surface area contributed by atoms with Crippen LogP contribution in [0.5, 0.6) is 0 Å². The van der Waals surface area contributed by atoms with Crippen LogP contribution in [0.2, 0.25) is 0 Å². The lowest BCUT2D eigenvalue weighted by molar-refractivity contribution is 0.757. The summed E-state index contributed by atoms with van der Waals surface area (Å²) in [5.41, 5.74) is 5.47. The summed E-state index contributed by atoms with van der Waals surface area (Å²) in [6, 6.07) is 8.42. The molecule has 20 heavy (non-hydrogen) atoms. The number of hydrogen-bond donors (Lipinski definition) is 1. The minimum Gasteiger partial charge on any atom is -0.327 e. The predicted octanol–water partition coefficient (Wildman–Crippen LogP) is 3.68. The topological polar surface area (TPSA) is 38.5 Å². The Morgan fingerprint density at radius 2 is 2.05 bits per heavy atom. The zero-order chi connectivity index (χ0) is 14.3. The van der Waals surface area contributed by atoms with Crippen LogP contribution in [0.25, 0.3) is 16.9 Å². The fourth-order valence-electron chi connectivity index (χ4n) is 2.74. The Bertz CT molecular complexity index is 822. The third-order valence-corrected chi connectivity index (χ3v) is 3.88. The van der Waals surface area contributed by atoms with Gasteiger partial charge in [0.2, 0.25) is 0 Å². The number of benzene rings is 1. The van der Waals surface area contributed by atoms with Crippen molar-refractivity contribution in [3.63, 3.8) is 0 Å². The standard InChI is InChI=1S/C15H18N4S/c1-4-7-11-8-5-6-9-12(11)19-14-13(16-15(19)20)10(2)17-18(14)3/h5-6,8-9H,4,7H2,1-3H3,(H,16,20). The number of fused-ring (bicyclic) bond motifs is 1. The molecule has 0 radical (unpaired) electrons. The Balaban J connectivity index is 2.35. The summed E-state index contributed by atoms with van der Waals surface area (Å²) in [5, 5.41) is 4.47. The molecular formula is C15H18N4S. The molecule has 1 aromatic carbocycles. The average molecular weight is 286 g/mol. The molecule has 0 saturated carbocycles. The number of rotatable bonds is 3. The largest absolute Gasteiger partial charge is 0.327 e. The fraction of sp³-hybridized carbons (Fsp3) is 0.333. The van der Waals surface area contributed by atoms with Crippen LogP contribution in [-0.4, -0.2) is 19.3 Å². The quantitative estimate of drug-likeness (QED) is 0.746. The van der Waals surface area contributed by atoms with Crippen LogP contribution in [0.4, 0.5) is 0 Å². The number of nitrogens with zero attached hydrogens (tertiary/aromatic N) is 3. The number of aromatic nitrogens is 4. The van der Waals surface area contributed by atoms with Gasteiger partial charge in [-0.3, -0.25) is 4.57 Å². The molecule has 5 heteroatoms.